The van der Waals surface area contributed by atoms with Gasteiger partial charge in [-0.2, -0.15) is 5.26 Å². The van der Waals surface area contributed by atoms with Crippen molar-refractivity contribution < 1.29 is 13.6 Å². The molecule has 0 saturated carbocycles. The number of aromatic nitrogens is 1. The Morgan fingerprint density at radius 1 is 1.20 bits per heavy atom. The standard InChI is InChI=1S/C18H11F2N3OS/c1-10-16(12-5-2-4-11(8-12)9-21)25-18(22-10)23-17(24)15-13(19)6-3-7-14(15)20/h2-8H,1H3,(H,22,23,24). The molecule has 3 aromatic rings. The summed E-state index contributed by atoms with van der Waals surface area (Å²) in [6.45, 7) is 1.75. The topological polar surface area (TPSA) is 65.8 Å². The number of nitrogens with one attached hydrogen (secondary N) is 1. The van der Waals surface area contributed by atoms with E-state index in [0.29, 0.717) is 11.3 Å². The highest BCUT2D eigenvalue weighted by molar-refractivity contribution is 7.19. The Balaban J connectivity index is 1.90. The van der Waals surface area contributed by atoms with Gasteiger partial charge in [0.15, 0.2) is 5.13 Å². The highest BCUT2D eigenvalue weighted by Crippen LogP contribution is 2.33. The second kappa shape index (κ2) is 6.79. The van der Waals surface area contributed by atoms with Crippen molar-refractivity contribution in [1.29, 1.82) is 5.26 Å². The number of hydrogen-bond donors (Lipinski definition) is 1. The molecule has 3 rings (SSSR count). The summed E-state index contributed by atoms with van der Waals surface area (Å²) >= 11 is 1.17. The molecule has 7 heteroatoms. The third-order valence-corrected chi connectivity index (χ3v) is 4.58. The summed E-state index contributed by atoms with van der Waals surface area (Å²) in [4.78, 5) is 17.1. The molecular formula is C18H11F2N3OS. The molecule has 0 fully saturated rings. The van der Waals surface area contributed by atoms with Gasteiger partial charge in [-0.15, -0.1) is 0 Å². The number of aryl methyl sites for hydroxylation is 1. The van der Waals surface area contributed by atoms with Gasteiger partial charge in [-0.3, -0.25) is 10.1 Å². The van der Waals surface area contributed by atoms with Gasteiger partial charge in [-0.25, -0.2) is 13.8 Å². The van der Waals surface area contributed by atoms with E-state index in [1.165, 1.54) is 17.4 Å². The molecule has 0 spiro atoms. The molecule has 2 aromatic carbocycles. The van der Waals surface area contributed by atoms with Crippen LogP contribution in [0.5, 0.6) is 0 Å². The smallest absolute Gasteiger partial charge is 0.263 e. The van der Waals surface area contributed by atoms with E-state index in [2.05, 4.69) is 16.4 Å². The zero-order valence-corrected chi connectivity index (χ0v) is 13.8. The minimum absolute atomic E-state index is 0.225. The van der Waals surface area contributed by atoms with Crippen LogP contribution in [0.25, 0.3) is 10.4 Å². The van der Waals surface area contributed by atoms with E-state index in [-0.39, 0.29) is 5.13 Å². The van der Waals surface area contributed by atoms with E-state index in [1.54, 1.807) is 25.1 Å². The number of amides is 1. The number of benzene rings is 2. The lowest BCUT2D eigenvalue weighted by molar-refractivity contribution is 0.101. The van der Waals surface area contributed by atoms with Crippen molar-refractivity contribution >= 4 is 22.4 Å². The highest BCUT2D eigenvalue weighted by Gasteiger charge is 2.19. The Kier molecular flexibility index (Phi) is 4.55. The fraction of sp³-hybridized carbons (Fsp3) is 0.0556. The fourth-order valence-corrected chi connectivity index (χ4v) is 3.28. The molecule has 0 saturated heterocycles. The minimum atomic E-state index is -0.937. The Bertz CT molecular complexity index is 988. The summed E-state index contributed by atoms with van der Waals surface area (Å²) in [5.41, 5.74) is 1.28. The minimum Gasteiger partial charge on any atom is -0.298 e. The van der Waals surface area contributed by atoms with Gasteiger partial charge in [0.25, 0.3) is 5.91 Å². The normalized spacial score (nSPS) is 10.3. The number of nitriles is 1. The van der Waals surface area contributed by atoms with Gasteiger partial charge in [0.1, 0.15) is 17.2 Å². The van der Waals surface area contributed by atoms with Crippen molar-refractivity contribution in [2.24, 2.45) is 0 Å². The second-order valence-electron chi connectivity index (χ2n) is 5.18. The first-order valence-electron chi connectivity index (χ1n) is 7.23. The maximum Gasteiger partial charge on any atom is 0.263 e. The molecule has 0 aliphatic rings. The SMILES string of the molecule is Cc1nc(NC(=O)c2c(F)cccc2F)sc1-c1cccc(C#N)c1. The van der Waals surface area contributed by atoms with Gasteiger partial charge in [0.2, 0.25) is 0 Å². The maximum atomic E-state index is 13.7. The van der Waals surface area contributed by atoms with Gasteiger partial charge in [-0.05, 0) is 36.8 Å². The lowest BCUT2D eigenvalue weighted by Gasteiger charge is -2.04. The van der Waals surface area contributed by atoms with Crippen LogP contribution in [0, 0.1) is 29.9 Å². The molecule has 0 radical (unpaired) electrons. The van der Waals surface area contributed by atoms with E-state index >= 15 is 0 Å². The van der Waals surface area contributed by atoms with Crippen LogP contribution in [0.2, 0.25) is 0 Å². The molecule has 4 nitrogen and oxygen atoms in total. The molecule has 0 aliphatic heterocycles. The van der Waals surface area contributed by atoms with Gasteiger partial charge in [-0.1, -0.05) is 29.5 Å². The predicted octanol–water partition coefficient (Wildman–Crippen LogP) is 4.52. The Morgan fingerprint density at radius 3 is 2.56 bits per heavy atom. The lowest BCUT2D eigenvalue weighted by Crippen LogP contribution is -2.15. The molecule has 1 heterocycles. The highest BCUT2D eigenvalue weighted by atomic mass is 32.1. The first kappa shape index (κ1) is 16.7. The fourth-order valence-electron chi connectivity index (χ4n) is 2.32. The number of hydrogen-bond acceptors (Lipinski definition) is 4. The zero-order chi connectivity index (χ0) is 18.0. The van der Waals surface area contributed by atoms with E-state index in [1.807, 2.05) is 6.07 Å². The van der Waals surface area contributed by atoms with Gasteiger partial charge in [0, 0.05) is 0 Å². The zero-order valence-electron chi connectivity index (χ0n) is 13.0. The quantitative estimate of drug-likeness (QED) is 0.751. The molecule has 0 unspecified atom stereocenters. The van der Waals surface area contributed by atoms with Crippen LogP contribution in [0.4, 0.5) is 13.9 Å². The molecule has 0 atom stereocenters. The number of nitrogens with zero attached hydrogens (tertiary/aromatic N) is 2. The van der Waals surface area contributed by atoms with Crippen LogP contribution in [0.3, 0.4) is 0 Å². The first-order chi connectivity index (χ1) is 12.0. The third kappa shape index (κ3) is 3.39. The summed E-state index contributed by atoms with van der Waals surface area (Å²) in [7, 11) is 0. The number of carbonyl (C=O) groups excluding carboxylic acids is 1. The van der Waals surface area contributed by atoms with Crippen LogP contribution >= 0.6 is 11.3 Å². The van der Waals surface area contributed by atoms with Crippen LogP contribution in [0.15, 0.2) is 42.5 Å². The van der Waals surface area contributed by atoms with Crippen molar-refractivity contribution in [1.82, 2.24) is 4.98 Å². The molecular weight excluding hydrogens is 344 g/mol. The predicted molar refractivity (Wildman–Crippen MR) is 91.3 cm³/mol. The van der Waals surface area contributed by atoms with Gasteiger partial charge < -0.3 is 0 Å². The van der Waals surface area contributed by atoms with Crippen LogP contribution in [-0.2, 0) is 0 Å². The van der Waals surface area contributed by atoms with E-state index in [4.69, 9.17) is 5.26 Å². The molecule has 1 aromatic heterocycles. The Hall–Kier alpha value is -3.11. The van der Waals surface area contributed by atoms with Crippen molar-refractivity contribution in [3.8, 4) is 16.5 Å². The summed E-state index contributed by atoms with van der Waals surface area (Å²) < 4.78 is 27.4. The van der Waals surface area contributed by atoms with Gasteiger partial charge in [0.05, 0.1) is 22.2 Å². The lowest BCUT2D eigenvalue weighted by atomic mass is 10.1. The largest absolute Gasteiger partial charge is 0.298 e. The molecule has 0 aliphatic carbocycles. The Labute approximate surface area is 146 Å². The van der Waals surface area contributed by atoms with Crippen LogP contribution < -0.4 is 5.32 Å². The van der Waals surface area contributed by atoms with E-state index in [0.717, 1.165) is 22.6 Å². The third-order valence-electron chi connectivity index (χ3n) is 3.46. The molecule has 1 N–H and O–H groups in total. The number of halogens is 2. The monoisotopic (exact) mass is 355 g/mol. The van der Waals surface area contributed by atoms with Crippen molar-refractivity contribution in [3.05, 3.63) is 70.9 Å². The van der Waals surface area contributed by atoms with Crippen molar-refractivity contribution in [3.63, 3.8) is 0 Å². The summed E-state index contributed by atoms with van der Waals surface area (Å²) in [5, 5.41) is 11.6. The van der Waals surface area contributed by atoms with Crippen molar-refractivity contribution in [2.75, 3.05) is 5.32 Å². The summed E-state index contributed by atoms with van der Waals surface area (Å²) in [5.74, 6) is -2.78. The van der Waals surface area contributed by atoms with Crippen molar-refractivity contribution in [2.45, 2.75) is 6.92 Å². The summed E-state index contributed by atoms with van der Waals surface area (Å²) in [6, 6.07) is 12.3. The average Bonchev–Trinajstić information content (AvgIpc) is 2.95. The molecule has 25 heavy (non-hydrogen) atoms. The molecule has 0 bridgehead atoms. The van der Waals surface area contributed by atoms with Gasteiger partial charge >= 0.3 is 0 Å². The molecule has 1 amide bonds. The Morgan fingerprint density at radius 2 is 1.88 bits per heavy atom. The van der Waals surface area contributed by atoms with Crippen LogP contribution in [-0.4, -0.2) is 10.9 Å². The first-order valence-corrected chi connectivity index (χ1v) is 8.04. The number of carbonyl (C=O) groups is 1. The maximum absolute atomic E-state index is 13.7. The van der Waals surface area contributed by atoms with E-state index < -0.39 is 23.1 Å². The average molecular weight is 355 g/mol. The summed E-state index contributed by atoms with van der Waals surface area (Å²) in [6.07, 6.45) is 0. The van der Waals surface area contributed by atoms with Crippen LogP contribution in [0.1, 0.15) is 21.6 Å². The second-order valence-corrected chi connectivity index (χ2v) is 6.18. The number of rotatable bonds is 3. The number of thiazole rings is 1. The molecule has 124 valence electrons. The van der Waals surface area contributed by atoms with E-state index in [9.17, 15) is 13.6 Å². The number of anilines is 1.